The molecule has 0 unspecified atom stereocenters. The van der Waals surface area contributed by atoms with Gasteiger partial charge >= 0.3 is 6.18 Å². The summed E-state index contributed by atoms with van der Waals surface area (Å²) in [5.74, 6) is -0.424. The molecule has 2 aromatic rings. The van der Waals surface area contributed by atoms with E-state index in [-0.39, 0.29) is 12.2 Å². The Kier molecular flexibility index (Phi) is 4.73. The second-order valence-corrected chi connectivity index (χ2v) is 4.65. The van der Waals surface area contributed by atoms with Gasteiger partial charge in [-0.1, -0.05) is 18.2 Å². The number of alkyl halides is 4. The van der Waals surface area contributed by atoms with E-state index in [4.69, 9.17) is 16.3 Å². The third-order valence-electron chi connectivity index (χ3n) is 2.82. The molecule has 2 aromatic carbocycles. The van der Waals surface area contributed by atoms with E-state index in [1.807, 2.05) is 0 Å². The van der Waals surface area contributed by atoms with Crippen molar-refractivity contribution in [2.45, 2.75) is 18.7 Å². The van der Waals surface area contributed by atoms with E-state index in [1.54, 1.807) is 24.3 Å². The molecule has 112 valence electrons. The molecule has 0 aliphatic heterocycles. The first-order valence-corrected chi connectivity index (χ1v) is 6.57. The van der Waals surface area contributed by atoms with Crippen molar-refractivity contribution in [3.8, 4) is 5.75 Å². The fourth-order valence-corrected chi connectivity index (χ4v) is 1.90. The normalized spacial score (nSPS) is 11.5. The number of halogens is 5. The summed E-state index contributed by atoms with van der Waals surface area (Å²) < 4.78 is 56.3. The van der Waals surface area contributed by atoms with Crippen molar-refractivity contribution < 1.29 is 22.3 Å². The van der Waals surface area contributed by atoms with E-state index in [1.165, 1.54) is 6.07 Å². The Hall–Kier alpha value is -1.75. The van der Waals surface area contributed by atoms with E-state index >= 15 is 0 Å². The molecule has 0 aliphatic carbocycles. The fraction of sp³-hybridized carbons (Fsp3) is 0.200. The van der Waals surface area contributed by atoms with E-state index in [0.29, 0.717) is 11.6 Å². The summed E-state index contributed by atoms with van der Waals surface area (Å²) >= 11 is 5.64. The van der Waals surface area contributed by atoms with Crippen molar-refractivity contribution >= 4 is 11.6 Å². The number of ether oxygens (including phenoxy) is 1. The van der Waals surface area contributed by atoms with Crippen LogP contribution in [0.15, 0.2) is 42.5 Å². The molecule has 0 spiro atoms. The van der Waals surface area contributed by atoms with Gasteiger partial charge in [0.2, 0.25) is 0 Å². The molecule has 0 saturated heterocycles. The molecule has 0 saturated carbocycles. The lowest BCUT2D eigenvalue weighted by molar-refractivity contribution is -0.140. The van der Waals surface area contributed by atoms with Crippen LogP contribution < -0.4 is 4.74 Å². The zero-order chi connectivity index (χ0) is 15.5. The highest BCUT2D eigenvalue weighted by molar-refractivity contribution is 6.17. The summed E-state index contributed by atoms with van der Waals surface area (Å²) in [5, 5.41) is 0. The Morgan fingerprint density at radius 3 is 2.14 bits per heavy atom. The van der Waals surface area contributed by atoms with Gasteiger partial charge in [0.15, 0.2) is 0 Å². The van der Waals surface area contributed by atoms with Crippen molar-refractivity contribution in [2.75, 3.05) is 0 Å². The van der Waals surface area contributed by atoms with Gasteiger partial charge in [-0.3, -0.25) is 0 Å². The third-order valence-corrected chi connectivity index (χ3v) is 3.13. The van der Waals surface area contributed by atoms with Crippen LogP contribution in [0.5, 0.6) is 5.75 Å². The van der Waals surface area contributed by atoms with Gasteiger partial charge in [0.1, 0.15) is 18.2 Å². The summed E-state index contributed by atoms with van der Waals surface area (Å²) in [4.78, 5) is 0. The largest absolute Gasteiger partial charge is 0.489 e. The molecule has 0 radical (unpaired) electrons. The van der Waals surface area contributed by atoms with E-state index in [2.05, 4.69) is 0 Å². The third kappa shape index (κ3) is 4.11. The van der Waals surface area contributed by atoms with Gasteiger partial charge in [-0.15, -0.1) is 11.6 Å². The minimum Gasteiger partial charge on any atom is -0.489 e. The minimum atomic E-state index is -4.72. The molecule has 0 fully saturated rings. The van der Waals surface area contributed by atoms with Crippen LogP contribution in [0.3, 0.4) is 0 Å². The highest BCUT2D eigenvalue weighted by atomic mass is 35.5. The Morgan fingerprint density at radius 2 is 1.57 bits per heavy atom. The molecule has 0 amide bonds. The van der Waals surface area contributed by atoms with Crippen molar-refractivity contribution in [3.63, 3.8) is 0 Å². The van der Waals surface area contributed by atoms with E-state index < -0.39 is 17.6 Å². The van der Waals surface area contributed by atoms with Crippen LogP contribution in [0.2, 0.25) is 0 Å². The summed E-state index contributed by atoms with van der Waals surface area (Å²) in [6.07, 6.45) is -4.72. The standard InChI is InChI=1S/C15H11ClF4O/c16-8-10-1-4-12(5-2-10)21-9-11-3-6-14(17)13(7-11)15(18,19)20/h1-7H,8-9H2. The fourth-order valence-electron chi connectivity index (χ4n) is 1.72. The molecule has 0 aliphatic rings. The predicted molar refractivity (Wildman–Crippen MR) is 71.7 cm³/mol. The SMILES string of the molecule is Fc1ccc(COc2ccc(CCl)cc2)cc1C(F)(F)F. The van der Waals surface area contributed by atoms with Crippen LogP contribution in [0.1, 0.15) is 16.7 Å². The van der Waals surface area contributed by atoms with Gasteiger partial charge in [-0.05, 0) is 35.4 Å². The average molecular weight is 319 g/mol. The van der Waals surface area contributed by atoms with Crippen LogP contribution in [-0.2, 0) is 18.7 Å². The number of benzene rings is 2. The molecule has 1 nitrogen and oxygen atoms in total. The molecule has 6 heteroatoms. The van der Waals surface area contributed by atoms with Gasteiger partial charge in [-0.2, -0.15) is 13.2 Å². The molecule has 0 heterocycles. The summed E-state index contributed by atoms with van der Waals surface area (Å²) in [6, 6.07) is 9.67. The Bertz CT molecular complexity index is 608. The monoisotopic (exact) mass is 318 g/mol. The van der Waals surface area contributed by atoms with Gasteiger partial charge < -0.3 is 4.74 Å². The molecular weight excluding hydrogens is 308 g/mol. The average Bonchev–Trinajstić information content (AvgIpc) is 2.45. The van der Waals surface area contributed by atoms with Crippen LogP contribution in [-0.4, -0.2) is 0 Å². The Morgan fingerprint density at radius 1 is 0.952 bits per heavy atom. The highest BCUT2D eigenvalue weighted by Gasteiger charge is 2.34. The molecule has 0 atom stereocenters. The van der Waals surface area contributed by atoms with Crippen LogP contribution >= 0.6 is 11.6 Å². The second-order valence-electron chi connectivity index (χ2n) is 4.38. The molecule has 21 heavy (non-hydrogen) atoms. The number of hydrogen-bond acceptors (Lipinski definition) is 1. The van der Waals surface area contributed by atoms with E-state index in [0.717, 1.165) is 17.7 Å². The van der Waals surface area contributed by atoms with Gasteiger partial charge in [0, 0.05) is 5.88 Å². The minimum absolute atomic E-state index is 0.0798. The zero-order valence-electron chi connectivity index (χ0n) is 10.8. The lowest BCUT2D eigenvalue weighted by Crippen LogP contribution is -2.09. The maximum atomic E-state index is 13.1. The first-order valence-electron chi connectivity index (χ1n) is 6.03. The smallest absolute Gasteiger partial charge is 0.419 e. The summed E-state index contributed by atoms with van der Waals surface area (Å²) in [6.45, 7) is -0.0798. The lowest BCUT2D eigenvalue weighted by Gasteiger charge is -2.11. The lowest BCUT2D eigenvalue weighted by atomic mass is 10.1. The van der Waals surface area contributed by atoms with Crippen molar-refractivity contribution in [1.82, 2.24) is 0 Å². The topological polar surface area (TPSA) is 9.23 Å². The van der Waals surface area contributed by atoms with Crippen molar-refractivity contribution in [1.29, 1.82) is 0 Å². The van der Waals surface area contributed by atoms with Crippen molar-refractivity contribution in [2.24, 2.45) is 0 Å². The van der Waals surface area contributed by atoms with Gasteiger partial charge in [0.25, 0.3) is 0 Å². The maximum absolute atomic E-state index is 13.1. The van der Waals surface area contributed by atoms with Gasteiger partial charge in [-0.25, -0.2) is 4.39 Å². The van der Waals surface area contributed by atoms with Crippen LogP contribution in [0, 0.1) is 5.82 Å². The first-order chi connectivity index (χ1) is 9.90. The highest BCUT2D eigenvalue weighted by Crippen LogP contribution is 2.32. The second kappa shape index (κ2) is 6.35. The molecule has 0 bridgehead atoms. The first kappa shape index (κ1) is 15.6. The summed E-state index contributed by atoms with van der Waals surface area (Å²) in [5.41, 5.74) is -0.142. The summed E-state index contributed by atoms with van der Waals surface area (Å²) in [7, 11) is 0. The predicted octanol–water partition coefficient (Wildman–Crippen LogP) is 5.16. The maximum Gasteiger partial charge on any atom is 0.419 e. The molecule has 2 rings (SSSR count). The van der Waals surface area contributed by atoms with Crippen molar-refractivity contribution in [3.05, 3.63) is 65.0 Å². The Labute approximate surface area is 124 Å². The zero-order valence-corrected chi connectivity index (χ0v) is 11.5. The number of rotatable bonds is 4. The van der Waals surface area contributed by atoms with E-state index in [9.17, 15) is 17.6 Å². The Balaban J connectivity index is 2.09. The van der Waals surface area contributed by atoms with Crippen LogP contribution in [0.4, 0.5) is 17.6 Å². The molecule has 0 N–H and O–H groups in total. The van der Waals surface area contributed by atoms with Gasteiger partial charge in [0.05, 0.1) is 5.56 Å². The number of hydrogen-bond donors (Lipinski definition) is 0. The van der Waals surface area contributed by atoms with Crippen LogP contribution in [0.25, 0.3) is 0 Å². The molecule has 0 aromatic heterocycles. The molecular formula is C15H11ClF4O. The quantitative estimate of drug-likeness (QED) is 0.558.